The summed E-state index contributed by atoms with van der Waals surface area (Å²) in [5, 5.41) is 7.12. The van der Waals surface area contributed by atoms with Crippen molar-refractivity contribution in [3.63, 3.8) is 0 Å². The molecule has 0 aliphatic carbocycles. The van der Waals surface area contributed by atoms with Crippen LogP contribution in [0.5, 0.6) is 0 Å². The molecule has 0 spiro atoms. The van der Waals surface area contributed by atoms with Crippen LogP contribution < -0.4 is 0 Å². The van der Waals surface area contributed by atoms with Crippen LogP contribution in [0.25, 0.3) is 0 Å². The first-order valence-electron chi connectivity index (χ1n) is 1.24. The Labute approximate surface area is 58.2 Å². The van der Waals surface area contributed by atoms with Gasteiger partial charge >= 0.3 is 34.5 Å². The quantitative estimate of drug-likeness (QED) is 0.610. The number of carboxylic acid groups (broad SMARTS) is 1. The molecule has 0 atom stereocenters. The zero-order valence-electron chi connectivity index (χ0n) is 3.29. The predicted octanol–water partition coefficient (Wildman–Crippen LogP) is 0.631. The van der Waals surface area contributed by atoms with Crippen LogP contribution in [0.1, 0.15) is 0 Å². The second-order valence-corrected chi connectivity index (χ2v) is 0.803. The fourth-order valence-electron chi connectivity index (χ4n) is 0. The summed E-state index contributed by atoms with van der Waals surface area (Å²) in [5.41, 5.74) is 0. The van der Waals surface area contributed by atoms with Crippen LogP contribution in [0.3, 0.4) is 0 Å². The first-order chi connectivity index (χ1) is 2.94. The van der Waals surface area contributed by atoms with Gasteiger partial charge in [0.1, 0.15) is 0 Å². The number of halogens is 3. The van der Waals surface area contributed by atoms with E-state index in [1.807, 2.05) is 0 Å². The Hall–Kier alpha value is 0.000260. The molecule has 52 valence electrons. The van der Waals surface area contributed by atoms with Crippen LogP contribution in [0, 0.1) is 0 Å². The molecule has 0 fully saturated rings. The van der Waals surface area contributed by atoms with E-state index < -0.39 is 12.1 Å². The molecule has 1 N–H and O–H groups in total. The van der Waals surface area contributed by atoms with Gasteiger partial charge in [0.2, 0.25) is 0 Å². The average Bonchev–Trinajstić information content (AvgIpc) is 1.31. The van der Waals surface area contributed by atoms with E-state index in [-0.39, 0.29) is 22.4 Å². The Morgan fingerprint density at radius 1 is 1.38 bits per heavy atom. The van der Waals surface area contributed by atoms with Gasteiger partial charge in [0, 0.05) is 0 Å². The molecule has 0 rings (SSSR count). The van der Waals surface area contributed by atoms with Gasteiger partial charge in [0.05, 0.1) is 0 Å². The van der Waals surface area contributed by atoms with Gasteiger partial charge in [-0.2, -0.15) is 13.2 Å². The fourth-order valence-corrected chi connectivity index (χ4v) is 0. The van der Waals surface area contributed by atoms with E-state index in [1.54, 1.807) is 0 Å². The van der Waals surface area contributed by atoms with Crippen molar-refractivity contribution in [2.45, 2.75) is 6.18 Å². The molecule has 0 radical (unpaired) electrons. The molecule has 0 amide bonds. The van der Waals surface area contributed by atoms with E-state index in [2.05, 4.69) is 0 Å². The number of carboxylic acids is 1. The normalized spacial score (nSPS) is 9.88. The number of hydrogen-bond donors (Lipinski definition) is 1. The first kappa shape index (κ1) is 10.9. The monoisotopic (exact) mass is 221 g/mol. The second kappa shape index (κ2) is 3.11. The van der Waals surface area contributed by atoms with E-state index in [9.17, 15) is 13.2 Å². The van der Waals surface area contributed by atoms with Crippen molar-refractivity contribution in [3.05, 3.63) is 0 Å². The van der Waals surface area contributed by atoms with Gasteiger partial charge in [-0.25, -0.2) is 4.79 Å². The Kier molecular flexibility index (Phi) is 4.23. The van der Waals surface area contributed by atoms with E-state index in [1.165, 1.54) is 0 Å². The zero-order chi connectivity index (χ0) is 6.08. The summed E-state index contributed by atoms with van der Waals surface area (Å²) in [4.78, 5) is 8.90. The minimum Gasteiger partial charge on any atom is -0.475 e. The van der Waals surface area contributed by atoms with Crippen molar-refractivity contribution in [2.75, 3.05) is 0 Å². The minimum atomic E-state index is -5.08. The largest absolute Gasteiger partial charge is 1.00 e. The van der Waals surface area contributed by atoms with Crippen LogP contribution in [-0.2, 0) is 27.2 Å². The van der Waals surface area contributed by atoms with E-state index in [0.29, 0.717) is 0 Å². The van der Waals surface area contributed by atoms with Gasteiger partial charge in [-0.1, -0.05) is 0 Å². The van der Waals surface area contributed by atoms with Gasteiger partial charge in [0.25, 0.3) is 0 Å². The molecular weight excluding hydrogens is 221 g/mol. The molecule has 0 aliphatic heterocycles. The number of carbonyl (C=O) groups is 1. The van der Waals surface area contributed by atoms with Crippen LogP contribution in [-0.4, -0.2) is 17.3 Å². The molecule has 0 aliphatic rings. The van der Waals surface area contributed by atoms with Crippen LogP contribution in [0.2, 0.25) is 0 Å². The SMILES string of the molecule is O=C(O)C(F)(F)F.[Ag+]. The second-order valence-electron chi connectivity index (χ2n) is 0.803. The van der Waals surface area contributed by atoms with Crippen LogP contribution in [0.4, 0.5) is 13.2 Å². The minimum absolute atomic E-state index is 0. The fraction of sp³-hybridized carbons (Fsp3) is 0.500. The van der Waals surface area contributed by atoms with Crippen molar-refractivity contribution in [3.8, 4) is 0 Å². The molecular formula is C2HAgF3O2+. The summed E-state index contributed by atoms with van der Waals surface area (Å²) in [6.07, 6.45) is -5.08. The molecule has 6 heteroatoms. The van der Waals surface area contributed by atoms with Crippen molar-refractivity contribution in [1.82, 2.24) is 0 Å². The van der Waals surface area contributed by atoms with Crippen molar-refractivity contribution in [2.24, 2.45) is 0 Å². The summed E-state index contributed by atoms with van der Waals surface area (Å²) in [5.74, 6) is -2.76. The summed E-state index contributed by atoms with van der Waals surface area (Å²) in [7, 11) is 0. The van der Waals surface area contributed by atoms with Gasteiger partial charge < -0.3 is 5.11 Å². The predicted molar refractivity (Wildman–Crippen MR) is 13.7 cm³/mol. The van der Waals surface area contributed by atoms with Crippen molar-refractivity contribution < 1.29 is 45.5 Å². The first-order valence-corrected chi connectivity index (χ1v) is 1.24. The van der Waals surface area contributed by atoms with Crippen LogP contribution in [0.15, 0.2) is 0 Å². The Balaban J connectivity index is 0. The van der Waals surface area contributed by atoms with Gasteiger partial charge in [-0.15, -0.1) is 0 Å². The van der Waals surface area contributed by atoms with Gasteiger partial charge in [-0.05, 0) is 0 Å². The molecule has 0 bridgehead atoms. The molecule has 0 unspecified atom stereocenters. The topological polar surface area (TPSA) is 37.3 Å². The van der Waals surface area contributed by atoms with Gasteiger partial charge in [-0.3, -0.25) is 0 Å². The van der Waals surface area contributed by atoms with Crippen molar-refractivity contribution >= 4 is 5.97 Å². The molecule has 0 aromatic heterocycles. The summed E-state index contributed by atoms with van der Waals surface area (Å²) < 4.78 is 31.7. The molecule has 8 heavy (non-hydrogen) atoms. The van der Waals surface area contributed by atoms with Gasteiger partial charge in [0.15, 0.2) is 0 Å². The molecule has 2 nitrogen and oxygen atoms in total. The maximum atomic E-state index is 10.6. The smallest absolute Gasteiger partial charge is 0.475 e. The molecule has 0 aromatic rings. The van der Waals surface area contributed by atoms with E-state index in [4.69, 9.17) is 9.90 Å². The van der Waals surface area contributed by atoms with E-state index in [0.717, 1.165) is 0 Å². The number of hydrogen-bond acceptors (Lipinski definition) is 1. The summed E-state index contributed by atoms with van der Waals surface area (Å²) in [6.45, 7) is 0. The molecule has 0 aromatic carbocycles. The third-order valence-corrected chi connectivity index (χ3v) is 0.243. The maximum Gasteiger partial charge on any atom is 1.00 e. The van der Waals surface area contributed by atoms with E-state index >= 15 is 0 Å². The third kappa shape index (κ3) is 4.17. The number of aliphatic carboxylic acids is 1. The Morgan fingerprint density at radius 3 is 1.50 bits per heavy atom. The number of rotatable bonds is 0. The average molecular weight is 222 g/mol. The molecule has 0 saturated heterocycles. The standard InChI is InChI=1S/C2HF3O2.Ag/c3-2(4,5)1(6)7;/h(H,6,7);/q;+1. The van der Waals surface area contributed by atoms with Crippen molar-refractivity contribution in [1.29, 1.82) is 0 Å². The summed E-state index contributed by atoms with van der Waals surface area (Å²) >= 11 is 0. The molecule has 0 heterocycles. The maximum absolute atomic E-state index is 10.6. The zero-order valence-corrected chi connectivity index (χ0v) is 4.77. The number of alkyl halides is 3. The molecule has 0 saturated carbocycles. The Morgan fingerprint density at radius 2 is 1.50 bits per heavy atom. The summed E-state index contributed by atoms with van der Waals surface area (Å²) in [6, 6.07) is 0. The van der Waals surface area contributed by atoms with Crippen LogP contribution >= 0.6 is 0 Å². The Bertz CT molecular complexity index is 87.8. The third-order valence-electron chi connectivity index (χ3n) is 0.243.